The molecule has 2 aromatic carbocycles. The highest BCUT2D eigenvalue weighted by Gasteiger charge is 2.43. The minimum Gasteiger partial charge on any atom is -0.353 e. The summed E-state index contributed by atoms with van der Waals surface area (Å²) in [6.07, 6.45) is 2.19. The highest BCUT2D eigenvalue weighted by Crippen LogP contribution is 2.37. The number of amides is 2. The standard InChI is InChI=1S/C24H29N3O2/c1-26-22(28)16-21(23(26)19-10-6-3-7-11-19)24(29)25-20-12-14-27(15-13-20)17-18-8-4-2-5-9-18/h2-11,20-21,23H,12-17H2,1H3,(H,25,29)/t21-,23-/m1/s1. The maximum atomic E-state index is 13.1. The summed E-state index contributed by atoms with van der Waals surface area (Å²) < 4.78 is 0. The molecule has 2 amide bonds. The van der Waals surface area contributed by atoms with Crippen molar-refractivity contribution in [3.8, 4) is 0 Å². The molecule has 2 atom stereocenters. The third kappa shape index (κ3) is 4.51. The van der Waals surface area contributed by atoms with Crippen LogP contribution < -0.4 is 5.32 Å². The Morgan fingerprint density at radius 2 is 1.62 bits per heavy atom. The van der Waals surface area contributed by atoms with Crippen LogP contribution in [0.15, 0.2) is 60.7 Å². The Labute approximate surface area is 172 Å². The van der Waals surface area contributed by atoms with Gasteiger partial charge < -0.3 is 10.2 Å². The Balaban J connectivity index is 1.34. The highest BCUT2D eigenvalue weighted by molar-refractivity contribution is 5.90. The first-order chi connectivity index (χ1) is 14.1. The van der Waals surface area contributed by atoms with E-state index in [1.165, 1.54) is 5.56 Å². The van der Waals surface area contributed by atoms with Crippen molar-refractivity contribution in [1.29, 1.82) is 0 Å². The maximum absolute atomic E-state index is 13.1. The van der Waals surface area contributed by atoms with Crippen molar-refractivity contribution in [3.05, 3.63) is 71.8 Å². The van der Waals surface area contributed by atoms with E-state index in [1.54, 1.807) is 11.9 Å². The fraction of sp³-hybridized carbons (Fsp3) is 0.417. The lowest BCUT2D eigenvalue weighted by atomic mass is 9.92. The molecule has 5 heteroatoms. The first kappa shape index (κ1) is 19.6. The number of piperidine rings is 1. The zero-order chi connectivity index (χ0) is 20.2. The molecule has 0 aliphatic carbocycles. The molecule has 1 N–H and O–H groups in total. The average molecular weight is 392 g/mol. The number of benzene rings is 2. The summed E-state index contributed by atoms with van der Waals surface area (Å²) in [5.41, 5.74) is 2.35. The number of nitrogens with zero attached hydrogens (tertiary/aromatic N) is 2. The summed E-state index contributed by atoms with van der Waals surface area (Å²) in [5, 5.41) is 3.24. The van der Waals surface area contributed by atoms with Gasteiger partial charge in [0.25, 0.3) is 0 Å². The summed E-state index contributed by atoms with van der Waals surface area (Å²) in [6.45, 7) is 2.91. The number of carbonyl (C=O) groups is 2. The second-order valence-electron chi connectivity index (χ2n) is 8.22. The molecule has 0 unspecified atom stereocenters. The maximum Gasteiger partial charge on any atom is 0.226 e. The molecule has 5 nitrogen and oxygen atoms in total. The Morgan fingerprint density at radius 3 is 2.28 bits per heavy atom. The molecule has 2 aliphatic heterocycles. The fourth-order valence-corrected chi connectivity index (χ4v) is 4.60. The molecule has 0 radical (unpaired) electrons. The van der Waals surface area contributed by atoms with E-state index in [1.807, 2.05) is 36.4 Å². The van der Waals surface area contributed by atoms with Gasteiger partial charge in [-0.25, -0.2) is 0 Å². The van der Waals surface area contributed by atoms with Crippen molar-refractivity contribution < 1.29 is 9.59 Å². The predicted molar refractivity (Wildman–Crippen MR) is 113 cm³/mol. The lowest BCUT2D eigenvalue weighted by molar-refractivity contribution is -0.128. The molecule has 0 aromatic heterocycles. The number of hydrogen-bond acceptors (Lipinski definition) is 3. The van der Waals surface area contributed by atoms with Crippen LogP contribution in [-0.4, -0.2) is 47.8 Å². The van der Waals surface area contributed by atoms with Gasteiger partial charge in [0.05, 0.1) is 12.0 Å². The van der Waals surface area contributed by atoms with Gasteiger partial charge in [-0.05, 0) is 24.0 Å². The van der Waals surface area contributed by atoms with Gasteiger partial charge in [-0.3, -0.25) is 14.5 Å². The van der Waals surface area contributed by atoms with Gasteiger partial charge in [0, 0.05) is 39.1 Å². The zero-order valence-electron chi connectivity index (χ0n) is 17.0. The van der Waals surface area contributed by atoms with E-state index in [2.05, 4.69) is 34.5 Å². The number of nitrogens with one attached hydrogen (secondary N) is 1. The molecule has 152 valence electrons. The van der Waals surface area contributed by atoms with Gasteiger partial charge in [-0.1, -0.05) is 60.7 Å². The molecular formula is C24H29N3O2. The van der Waals surface area contributed by atoms with Gasteiger partial charge >= 0.3 is 0 Å². The predicted octanol–water partition coefficient (Wildman–Crippen LogP) is 2.99. The summed E-state index contributed by atoms with van der Waals surface area (Å²) in [6, 6.07) is 20.4. The van der Waals surface area contributed by atoms with E-state index in [0.29, 0.717) is 0 Å². The smallest absolute Gasteiger partial charge is 0.226 e. The molecule has 4 rings (SSSR count). The van der Waals surface area contributed by atoms with E-state index in [0.717, 1.165) is 38.0 Å². The number of likely N-dealkylation sites (tertiary alicyclic amines) is 2. The quantitative estimate of drug-likeness (QED) is 0.853. The number of hydrogen-bond donors (Lipinski definition) is 1. The third-order valence-electron chi connectivity index (χ3n) is 6.25. The van der Waals surface area contributed by atoms with Crippen LogP contribution in [0.4, 0.5) is 0 Å². The molecule has 2 aliphatic rings. The third-order valence-corrected chi connectivity index (χ3v) is 6.25. The Morgan fingerprint density at radius 1 is 1.00 bits per heavy atom. The van der Waals surface area contributed by atoms with Gasteiger partial charge in [-0.15, -0.1) is 0 Å². The second kappa shape index (κ2) is 8.78. The Hall–Kier alpha value is -2.66. The van der Waals surface area contributed by atoms with Gasteiger partial charge in [0.1, 0.15) is 0 Å². The van der Waals surface area contributed by atoms with Crippen molar-refractivity contribution in [1.82, 2.24) is 15.1 Å². The minimum absolute atomic E-state index is 0.0121. The number of carbonyl (C=O) groups excluding carboxylic acids is 2. The molecule has 2 heterocycles. The van der Waals surface area contributed by atoms with E-state index in [9.17, 15) is 9.59 Å². The number of rotatable bonds is 5. The van der Waals surface area contributed by atoms with Crippen LogP contribution in [0.5, 0.6) is 0 Å². The zero-order valence-corrected chi connectivity index (χ0v) is 17.0. The minimum atomic E-state index is -0.322. The molecule has 2 saturated heterocycles. The molecule has 2 fully saturated rings. The van der Waals surface area contributed by atoms with Crippen LogP contribution in [0.25, 0.3) is 0 Å². The van der Waals surface area contributed by atoms with Crippen LogP contribution in [0.3, 0.4) is 0 Å². The SMILES string of the molecule is CN1C(=O)C[C@@H](C(=O)NC2CCN(Cc3ccccc3)CC2)[C@H]1c1ccccc1. The van der Waals surface area contributed by atoms with Crippen molar-refractivity contribution in [2.45, 2.75) is 37.9 Å². The summed E-state index contributed by atoms with van der Waals surface area (Å²) >= 11 is 0. The largest absolute Gasteiger partial charge is 0.353 e. The van der Waals surface area contributed by atoms with E-state index >= 15 is 0 Å². The first-order valence-electron chi connectivity index (χ1n) is 10.5. The van der Waals surface area contributed by atoms with E-state index in [-0.39, 0.29) is 36.2 Å². The Bertz CT molecular complexity index is 832. The lowest BCUT2D eigenvalue weighted by Gasteiger charge is -2.33. The summed E-state index contributed by atoms with van der Waals surface area (Å²) in [5.74, 6) is -0.271. The summed E-state index contributed by atoms with van der Waals surface area (Å²) in [7, 11) is 1.80. The lowest BCUT2D eigenvalue weighted by Crippen LogP contribution is -2.46. The van der Waals surface area contributed by atoms with Crippen LogP contribution in [0.1, 0.15) is 36.4 Å². The normalized spacial score (nSPS) is 23.3. The van der Waals surface area contributed by atoms with Gasteiger partial charge in [0.15, 0.2) is 0 Å². The van der Waals surface area contributed by atoms with Crippen molar-refractivity contribution in [2.75, 3.05) is 20.1 Å². The van der Waals surface area contributed by atoms with Crippen LogP contribution >= 0.6 is 0 Å². The second-order valence-corrected chi connectivity index (χ2v) is 8.22. The van der Waals surface area contributed by atoms with E-state index < -0.39 is 0 Å². The average Bonchev–Trinajstić information content (AvgIpc) is 3.05. The molecule has 2 aromatic rings. The van der Waals surface area contributed by atoms with E-state index in [4.69, 9.17) is 0 Å². The molecule has 0 spiro atoms. The molecule has 0 saturated carbocycles. The van der Waals surface area contributed by atoms with Gasteiger partial charge in [-0.2, -0.15) is 0 Å². The van der Waals surface area contributed by atoms with Crippen LogP contribution in [-0.2, 0) is 16.1 Å². The van der Waals surface area contributed by atoms with Crippen molar-refractivity contribution >= 4 is 11.8 Å². The summed E-state index contributed by atoms with van der Waals surface area (Å²) in [4.78, 5) is 29.5. The highest BCUT2D eigenvalue weighted by atomic mass is 16.2. The van der Waals surface area contributed by atoms with Crippen LogP contribution in [0, 0.1) is 5.92 Å². The fourth-order valence-electron chi connectivity index (χ4n) is 4.60. The molecule has 0 bridgehead atoms. The van der Waals surface area contributed by atoms with Crippen molar-refractivity contribution in [2.24, 2.45) is 5.92 Å². The first-order valence-corrected chi connectivity index (χ1v) is 10.5. The van der Waals surface area contributed by atoms with Gasteiger partial charge in [0.2, 0.25) is 11.8 Å². The topological polar surface area (TPSA) is 52.7 Å². The van der Waals surface area contributed by atoms with Crippen molar-refractivity contribution in [3.63, 3.8) is 0 Å². The monoisotopic (exact) mass is 391 g/mol. The Kier molecular flexibility index (Phi) is 5.95. The molecular weight excluding hydrogens is 362 g/mol. The molecule has 29 heavy (non-hydrogen) atoms. The van der Waals surface area contributed by atoms with Crippen LogP contribution in [0.2, 0.25) is 0 Å².